The van der Waals surface area contributed by atoms with E-state index in [2.05, 4.69) is 32.2 Å². The van der Waals surface area contributed by atoms with Crippen LogP contribution < -0.4 is 0 Å². The van der Waals surface area contributed by atoms with Gasteiger partial charge >= 0.3 is 0 Å². The van der Waals surface area contributed by atoms with E-state index in [1.807, 2.05) is 12.5 Å². The molecule has 0 aromatic carbocycles. The lowest BCUT2D eigenvalue weighted by Crippen LogP contribution is -2.31. The van der Waals surface area contributed by atoms with Crippen molar-refractivity contribution in [1.29, 1.82) is 0 Å². The molecule has 100 valence electrons. The molecule has 0 saturated heterocycles. The Hall–Kier alpha value is -0.980. The third-order valence-corrected chi connectivity index (χ3v) is 4.61. The molecule has 0 N–H and O–H groups in total. The van der Waals surface area contributed by atoms with Crippen LogP contribution in [0.2, 0.25) is 0 Å². The molecule has 6 heteroatoms. The van der Waals surface area contributed by atoms with E-state index in [0.717, 1.165) is 36.2 Å². The summed E-state index contributed by atoms with van der Waals surface area (Å²) in [7, 11) is 0. The largest absolute Gasteiger partial charge is 0.293 e. The second-order valence-electron chi connectivity index (χ2n) is 4.65. The van der Waals surface area contributed by atoms with Gasteiger partial charge in [0.2, 0.25) is 0 Å². The van der Waals surface area contributed by atoms with E-state index in [1.54, 1.807) is 23.1 Å². The fraction of sp³-hybridized carbons (Fsp3) is 0.462. The average molecular weight is 292 g/mol. The van der Waals surface area contributed by atoms with E-state index >= 15 is 0 Å². The Kier molecular flexibility index (Phi) is 3.81. The highest BCUT2D eigenvalue weighted by molar-refractivity contribution is 7.98. The maximum absolute atomic E-state index is 4.59. The molecule has 0 atom stereocenters. The highest BCUT2D eigenvalue weighted by atomic mass is 32.2. The highest BCUT2D eigenvalue weighted by Crippen LogP contribution is 2.21. The van der Waals surface area contributed by atoms with E-state index < -0.39 is 0 Å². The number of rotatable bonds is 3. The molecular weight excluding hydrogens is 276 g/mol. The quantitative estimate of drug-likeness (QED) is 0.642. The summed E-state index contributed by atoms with van der Waals surface area (Å²) >= 11 is 3.32. The molecule has 0 bridgehead atoms. The summed E-state index contributed by atoms with van der Waals surface area (Å²) < 4.78 is 0. The number of aryl methyl sites for hydroxylation is 1. The zero-order valence-corrected chi connectivity index (χ0v) is 12.7. The topological polar surface area (TPSA) is 41.9 Å². The number of aromatic nitrogens is 3. The number of thioether (sulfide) groups is 1. The fourth-order valence-electron chi connectivity index (χ4n) is 2.30. The lowest BCUT2D eigenvalue weighted by atomic mass is 10.1. The lowest BCUT2D eigenvalue weighted by molar-refractivity contribution is 0.239. The molecule has 19 heavy (non-hydrogen) atoms. The van der Waals surface area contributed by atoms with Crippen molar-refractivity contribution in [3.8, 4) is 0 Å². The Morgan fingerprint density at radius 3 is 3.05 bits per heavy atom. The maximum atomic E-state index is 4.59. The number of nitrogens with zero attached hydrogens (tertiary/aromatic N) is 4. The van der Waals surface area contributed by atoms with Crippen LogP contribution in [-0.4, -0.2) is 32.7 Å². The van der Waals surface area contributed by atoms with Gasteiger partial charge in [0, 0.05) is 43.2 Å². The standard InChI is InChI=1S/C13H16N4S2/c1-9-15-11(8-19-9)7-17-4-3-12-10(6-17)5-14-13(16-12)18-2/h5,8H,3-4,6-7H2,1-2H3. The van der Waals surface area contributed by atoms with Crippen molar-refractivity contribution in [3.05, 3.63) is 33.5 Å². The summed E-state index contributed by atoms with van der Waals surface area (Å²) in [6.45, 7) is 4.96. The first kappa shape index (κ1) is 13.0. The molecule has 1 aliphatic heterocycles. The molecule has 2 aromatic heterocycles. The van der Waals surface area contributed by atoms with E-state index in [4.69, 9.17) is 0 Å². The van der Waals surface area contributed by atoms with Crippen LogP contribution in [0.5, 0.6) is 0 Å². The molecule has 0 radical (unpaired) electrons. The third-order valence-electron chi connectivity index (χ3n) is 3.23. The van der Waals surface area contributed by atoms with Gasteiger partial charge in [0.1, 0.15) is 0 Å². The van der Waals surface area contributed by atoms with Gasteiger partial charge in [0.25, 0.3) is 0 Å². The van der Waals surface area contributed by atoms with Gasteiger partial charge in [-0.15, -0.1) is 11.3 Å². The van der Waals surface area contributed by atoms with Crippen molar-refractivity contribution >= 4 is 23.1 Å². The van der Waals surface area contributed by atoms with E-state index in [-0.39, 0.29) is 0 Å². The molecular formula is C13H16N4S2. The van der Waals surface area contributed by atoms with Crippen LogP contribution in [0.4, 0.5) is 0 Å². The van der Waals surface area contributed by atoms with Crippen molar-refractivity contribution in [2.45, 2.75) is 31.6 Å². The van der Waals surface area contributed by atoms with Crippen LogP contribution in [0.3, 0.4) is 0 Å². The fourth-order valence-corrected chi connectivity index (χ4v) is 3.26. The van der Waals surface area contributed by atoms with Crippen LogP contribution in [0.15, 0.2) is 16.7 Å². The molecule has 1 aliphatic rings. The highest BCUT2D eigenvalue weighted by Gasteiger charge is 2.19. The van der Waals surface area contributed by atoms with Gasteiger partial charge in [0.15, 0.2) is 5.16 Å². The molecule has 0 unspecified atom stereocenters. The summed E-state index contributed by atoms with van der Waals surface area (Å²) in [5.41, 5.74) is 3.65. The Balaban J connectivity index is 1.71. The molecule has 3 heterocycles. The van der Waals surface area contributed by atoms with Gasteiger partial charge in [0.05, 0.1) is 16.4 Å². The van der Waals surface area contributed by atoms with Crippen LogP contribution in [-0.2, 0) is 19.5 Å². The van der Waals surface area contributed by atoms with E-state index in [0.29, 0.717) is 0 Å². The zero-order chi connectivity index (χ0) is 13.2. The smallest absolute Gasteiger partial charge is 0.187 e. The van der Waals surface area contributed by atoms with Crippen molar-refractivity contribution in [2.24, 2.45) is 0 Å². The van der Waals surface area contributed by atoms with E-state index in [9.17, 15) is 0 Å². The molecule has 0 saturated carbocycles. The number of thiazole rings is 1. The Morgan fingerprint density at radius 1 is 1.42 bits per heavy atom. The van der Waals surface area contributed by atoms with Gasteiger partial charge in [-0.3, -0.25) is 4.90 Å². The minimum absolute atomic E-state index is 0.877. The second kappa shape index (κ2) is 5.56. The summed E-state index contributed by atoms with van der Waals surface area (Å²) in [5, 5.41) is 4.17. The van der Waals surface area contributed by atoms with Crippen molar-refractivity contribution in [2.75, 3.05) is 12.8 Å². The van der Waals surface area contributed by atoms with Crippen LogP contribution >= 0.6 is 23.1 Å². The third kappa shape index (κ3) is 2.96. The predicted molar refractivity (Wildman–Crippen MR) is 78.5 cm³/mol. The van der Waals surface area contributed by atoms with Gasteiger partial charge in [-0.05, 0) is 13.2 Å². The normalized spacial score (nSPS) is 15.5. The van der Waals surface area contributed by atoms with Crippen molar-refractivity contribution in [1.82, 2.24) is 19.9 Å². The summed E-state index contributed by atoms with van der Waals surface area (Å²) in [6, 6.07) is 0. The monoisotopic (exact) mass is 292 g/mol. The summed E-state index contributed by atoms with van der Waals surface area (Å²) in [5.74, 6) is 0. The first-order valence-corrected chi connectivity index (χ1v) is 8.37. The van der Waals surface area contributed by atoms with E-state index in [1.165, 1.54) is 17.0 Å². The summed E-state index contributed by atoms with van der Waals surface area (Å²) in [6.07, 6.45) is 5.00. The average Bonchev–Trinajstić information content (AvgIpc) is 2.83. The van der Waals surface area contributed by atoms with Crippen LogP contribution in [0.25, 0.3) is 0 Å². The lowest BCUT2D eigenvalue weighted by Gasteiger charge is -2.27. The predicted octanol–water partition coefficient (Wildman–Crippen LogP) is 2.52. The van der Waals surface area contributed by atoms with Gasteiger partial charge < -0.3 is 0 Å². The molecule has 0 fully saturated rings. The minimum atomic E-state index is 0.877. The molecule has 4 nitrogen and oxygen atoms in total. The Morgan fingerprint density at radius 2 is 2.32 bits per heavy atom. The van der Waals surface area contributed by atoms with Gasteiger partial charge in [-0.25, -0.2) is 15.0 Å². The molecule has 0 aliphatic carbocycles. The summed E-state index contributed by atoms with van der Waals surface area (Å²) in [4.78, 5) is 15.9. The first-order chi connectivity index (χ1) is 9.24. The molecule has 0 amide bonds. The number of hydrogen-bond acceptors (Lipinski definition) is 6. The zero-order valence-electron chi connectivity index (χ0n) is 11.1. The van der Waals surface area contributed by atoms with Crippen molar-refractivity contribution < 1.29 is 0 Å². The maximum Gasteiger partial charge on any atom is 0.187 e. The number of hydrogen-bond donors (Lipinski definition) is 0. The van der Waals surface area contributed by atoms with Gasteiger partial charge in [-0.2, -0.15) is 0 Å². The molecule has 3 rings (SSSR count). The second-order valence-corrected chi connectivity index (χ2v) is 6.48. The SMILES string of the molecule is CSc1ncc2c(n1)CCN(Cc1csc(C)n1)C2. The molecule has 0 spiro atoms. The minimum Gasteiger partial charge on any atom is -0.293 e. The Bertz CT molecular complexity index is 582. The first-order valence-electron chi connectivity index (χ1n) is 6.27. The van der Waals surface area contributed by atoms with Gasteiger partial charge in [-0.1, -0.05) is 11.8 Å². The van der Waals surface area contributed by atoms with Crippen LogP contribution in [0.1, 0.15) is 22.0 Å². The number of fused-ring (bicyclic) bond motifs is 1. The van der Waals surface area contributed by atoms with Crippen LogP contribution in [0, 0.1) is 6.92 Å². The Labute approximate surface area is 121 Å². The van der Waals surface area contributed by atoms with Crippen molar-refractivity contribution in [3.63, 3.8) is 0 Å². The molecule has 2 aromatic rings.